The SMILES string of the molecule is CCNC(=O)c1cc(N)ns1. The van der Waals surface area contributed by atoms with Crippen molar-refractivity contribution in [3.05, 3.63) is 10.9 Å². The molecule has 1 aromatic rings. The van der Waals surface area contributed by atoms with Gasteiger partial charge in [-0.2, -0.15) is 4.37 Å². The van der Waals surface area contributed by atoms with Crippen LogP contribution >= 0.6 is 11.5 Å². The Morgan fingerprint density at radius 3 is 3.09 bits per heavy atom. The molecular weight excluding hydrogens is 162 g/mol. The molecule has 0 aliphatic carbocycles. The Morgan fingerprint density at radius 1 is 1.91 bits per heavy atom. The lowest BCUT2D eigenvalue weighted by atomic mass is 10.4. The summed E-state index contributed by atoms with van der Waals surface area (Å²) in [6.07, 6.45) is 0. The second kappa shape index (κ2) is 3.34. The van der Waals surface area contributed by atoms with E-state index in [1.54, 1.807) is 6.07 Å². The van der Waals surface area contributed by atoms with Crippen LogP contribution in [-0.4, -0.2) is 16.8 Å². The number of aromatic nitrogens is 1. The van der Waals surface area contributed by atoms with Gasteiger partial charge in [-0.1, -0.05) is 0 Å². The first-order valence-corrected chi connectivity index (χ1v) is 4.01. The van der Waals surface area contributed by atoms with Gasteiger partial charge in [-0.25, -0.2) is 0 Å². The van der Waals surface area contributed by atoms with Crippen molar-refractivity contribution >= 4 is 23.3 Å². The highest BCUT2D eigenvalue weighted by Gasteiger charge is 2.06. The first-order valence-electron chi connectivity index (χ1n) is 3.24. The maximum absolute atomic E-state index is 11.1. The van der Waals surface area contributed by atoms with Crippen LogP contribution in [0.5, 0.6) is 0 Å². The van der Waals surface area contributed by atoms with Crippen LogP contribution in [-0.2, 0) is 0 Å². The highest BCUT2D eigenvalue weighted by molar-refractivity contribution is 7.08. The summed E-state index contributed by atoms with van der Waals surface area (Å²) in [5, 5.41) is 2.65. The minimum atomic E-state index is -0.110. The normalized spacial score (nSPS) is 9.55. The number of hydrogen-bond donors (Lipinski definition) is 2. The largest absolute Gasteiger partial charge is 0.383 e. The first-order chi connectivity index (χ1) is 5.24. The molecule has 0 unspecified atom stereocenters. The maximum atomic E-state index is 11.1. The van der Waals surface area contributed by atoms with Gasteiger partial charge in [-0.3, -0.25) is 4.79 Å². The molecule has 0 radical (unpaired) electrons. The third-order valence-corrected chi connectivity index (χ3v) is 1.89. The van der Waals surface area contributed by atoms with E-state index in [2.05, 4.69) is 9.69 Å². The van der Waals surface area contributed by atoms with E-state index in [0.717, 1.165) is 11.5 Å². The van der Waals surface area contributed by atoms with Gasteiger partial charge in [0.05, 0.1) is 0 Å². The van der Waals surface area contributed by atoms with Crippen molar-refractivity contribution in [3.63, 3.8) is 0 Å². The predicted molar refractivity (Wildman–Crippen MR) is 44.5 cm³/mol. The lowest BCUT2D eigenvalue weighted by molar-refractivity contribution is 0.0960. The number of amides is 1. The third kappa shape index (κ3) is 1.91. The van der Waals surface area contributed by atoms with Crippen molar-refractivity contribution in [1.29, 1.82) is 0 Å². The van der Waals surface area contributed by atoms with E-state index < -0.39 is 0 Å². The van der Waals surface area contributed by atoms with E-state index in [-0.39, 0.29) is 5.91 Å². The summed E-state index contributed by atoms with van der Waals surface area (Å²) in [6.45, 7) is 2.49. The molecule has 3 N–H and O–H groups in total. The van der Waals surface area contributed by atoms with Crippen LogP contribution in [0, 0.1) is 0 Å². The number of anilines is 1. The molecule has 1 aromatic heterocycles. The maximum Gasteiger partial charge on any atom is 0.263 e. The van der Waals surface area contributed by atoms with Crippen molar-refractivity contribution in [2.24, 2.45) is 0 Å². The Hall–Kier alpha value is -1.10. The molecule has 1 heterocycles. The van der Waals surface area contributed by atoms with Crippen molar-refractivity contribution < 1.29 is 4.79 Å². The van der Waals surface area contributed by atoms with Gasteiger partial charge in [-0.15, -0.1) is 0 Å². The van der Waals surface area contributed by atoms with E-state index >= 15 is 0 Å². The van der Waals surface area contributed by atoms with Crippen LogP contribution in [0.2, 0.25) is 0 Å². The van der Waals surface area contributed by atoms with Crippen molar-refractivity contribution in [2.75, 3.05) is 12.3 Å². The second-order valence-electron chi connectivity index (χ2n) is 1.98. The summed E-state index contributed by atoms with van der Waals surface area (Å²) in [4.78, 5) is 11.6. The van der Waals surface area contributed by atoms with E-state index in [4.69, 9.17) is 5.73 Å². The predicted octanol–water partition coefficient (Wildman–Crippen LogP) is 0.475. The summed E-state index contributed by atoms with van der Waals surface area (Å²) < 4.78 is 3.78. The summed E-state index contributed by atoms with van der Waals surface area (Å²) in [5.74, 6) is 0.290. The van der Waals surface area contributed by atoms with Crippen molar-refractivity contribution in [1.82, 2.24) is 9.69 Å². The number of nitrogens with two attached hydrogens (primary N) is 1. The lowest BCUT2D eigenvalue weighted by Gasteiger charge is -1.95. The van der Waals surface area contributed by atoms with Crippen LogP contribution in [0.15, 0.2) is 6.07 Å². The van der Waals surface area contributed by atoms with Gasteiger partial charge >= 0.3 is 0 Å². The average molecular weight is 171 g/mol. The van der Waals surface area contributed by atoms with Gasteiger partial charge in [-0.05, 0) is 18.5 Å². The molecule has 5 heteroatoms. The standard InChI is InChI=1S/C6H9N3OS/c1-2-8-6(10)4-3-5(7)9-11-4/h3H,2H2,1H3,(H2,7,9)(H,8,10). The summed E-state index contributed by atoms with van der Waals surface area (Å²) >= 11 is 1.11. The number of rotatable bonds is 2. The van der Waals surface area contributed by atoms with Crippen LogP contribution in [0.3, 0.4) is 0 Å². The fourth-order valence-electron chi connectivity index (χ4n) is 0.644. The molecule has 11 heavy (non-hydrogen) atoms. The summed E-state index contributed by atoms with van der Waals surface area (Å²) in [7, 11) is 0. The van der Waals surface area contributed by atoms with E-state index in [1.165, 1.54) is 0 Å². The second-order valence-corrected chi connectivity index (χ2v) is 2.78. The highest BCUT2D eigenvalue weighted by Crippen LogP contribution is 2.10. The zero-order valence-corrected chi connectivity index (χ0v) is 6.94. The first kappa shape index (κ1) is 8.00. The monoisotopic (exact) mass is 171 g/mol. The zero-order chi connectivity index (χ0) is 8.27. The Morgan fingerprint density at radius 2 is 2.64 bits per heavy atom. The van der Waals surface area contributed by atoms with Crippen LogP contribution in [0.1, 0.15) is 16.6 Å². The van der Waals surface area contributed by atoms with E-state index in [0.29, 0.717) is 17.2 Å². The number of hydrogen-bond acceptors (Lipinski definition) is 4. The molecule has 0 atom stereocenters. The van der Waals surface area contributed by atoms with Crippen LogP contribution in [0.4, 0.5) is 5.82 Å². The highest BCUT2D eigenvalue weighted by atomic mass is 32.1. The van der Waals surface area contributed by atoms with E-state index in [1.807, 2.05) is 6.92 Å². The molecule has 0 aliphatic rings. The molecule has 60 valence electrons. The molecule has 0 aliphatic heterocycles. The smallest absolute Gasteiger partial charge is 0.263 e. The molecular formula is C6H9N3OS. The minimum Gasteiger partial charge on any atom is -0.383 e. The fourth-order valence-corrected chi connectivity index (χ4v) is 1.23. The number of nitrogens with zero attached hydrogens (tertiary/aromatic N) is 1. The molecule has 0 aromatic carbocycles. The molecule has 0 spiro atoms. The molecule has 4 nitrogen and oxygen atoms in total. The number of nitrogen functional groups attached to an aromatic ring is 1. The Kier molecular flexibility index (Phi) is 2.43. The van der Waals surface area contributed by atoms with E-state index in [9.17, 15) is 4.79 Å². The fraction of sp³-hybridized carbons (Fsp3) is 0.333. The molecule has 0 saturated heterocycles. The molecule has 1 rings (SSSR count). The Bertz CT molecular complexity index is 258. The average Bonchev–Trinajstić information content (AvgIpc) is 2.36. The van der Waals surface area contributed by atoms with Crippen LogP contribution < -0.4 is 11.1 Å². The third-order valence-electron chi connectivity index (χ3n) is 1.09. The van der Waals surface area contributed by atoms with Gasteiger partial charge in [0.25, 0.3) is 5.91 Å². The molecule has 0 bridgehead atoms. The Labute approximate surface area is 68.6 Å². The summed E-state index contributed by atoms with van der Waals surface area (Å²) in [5.41, 5.74) is 5.33. The minimum absolute atomic E-state index is 0.110. The van der Waals surface area contributed by atoms with Gasteiger partial charge in [0.15, 0.2) is 0 Å². The molecule has 1 amide bonds. The Balaban J connectivity index is 2.69. The van der Waals surface area contributed by atoms with Gasteiger partial charge in [0.2, 0.25) is 0 Å². The number of carbonyl (C=O) groups is 1. The lowest BCUT2D eigenvalue weighted by Crippen LogP contribution is -2.21. The number of carbonyl (C=O) groups excluding carboxylic acids is 1. The summed E-state index contributed by atoms with van der Waals surface area (Å²) in [6, 6.07) is 1.57. The van der Waals surface area contributed by atoms with Crippen LogP contribution in [0.25, 0.3) is 0 Å². The molecule has 0 fully saturated rings. The quantitative estimate of drug-likeness (QED) is 0.679. The zero-order valence-electron chi connectivity index (χ0n) is 6.13. The topological polar surface area (TPSA) is 68.0 Å². The van der Waals surface area contributed by atoms with Crippen molar-refractivity contribution in [2.45, 2.75) is 6.92 Å². The van der Waals surface area contributed by atoms with Gasteiger partial charge in [0, 0.05) is 12.6 Å². The van der Waals surface area contributed by atoms with Crippen molar-refractivity contribution in [3.8, 4) is 0 Å². The van der Waals surface area contributed by atoms with Gasteiger partial charge < -0.3 is 11.1 Å². The van der Waals surface area contributed by atoms with Gasteiger partial charge in [0.1, 0.15) is 10.7 Å². The number of nitrogens with one attached hydrogen (secondary N) is 1. The molecule has 0 saturated carbocycles.